The summed E-state index contributed by atoms with van der Waals surface area (Å²) in [6.07, 6.45) is 1.76. The third kappa shape index (κ3) is 5.87. The first kappa shape index (κ1) is 19.4. The molecule has 0 bridgehead atoms. The molecule has 0 unspecified atom stereocenters. The summed E-state index contributed by atoms with van der Waals surface area (Å²) in [7, 11) is -4.74. The molecule has 1 aromatic carbocycles. The van der Waals surface area contributed by atoms with Crippen LogP contribution in [-0.4, -0.2) is 30.0 Å². The lowest BCUT2D eigenvalue weighted by Crippen LogP contribution is -2.50. The molecule has 2 aromatic rings. The van der Waals surface area contributed by atoms with Gasteiger partial charge in [-0.15, -0.1) is 0 Å². The summed E-state index contributed by atoms with van der Waals surface area (Å²) < 4.78 is 34.8. The average molecular weight is 357 g/mol. The number of anilines is 3. The van der Waals surface area contributed by atoms with Crippen LogP contribution in [0.1, 0.15) is 12.0 Å². The molecule has 10 nitrogen and oxygen atoms in total. The van der Waals surface area contributed by atoms with Gasteiger partial charge in [0.25, 0.3) is 0 Å². The van der Waals surface area contributed by atoms with Gasteiger partial charge >= 0.3 is 16.3 Å². The Balaban J connectivity index is 0.00000288. The molecular weight excluding hydrogens is 338 g/mol. The van der Waals surface area contributed by atoms with Gasteiger partial charge in [-0.2, -0.15) is 8.42 Å². The Labute approximate surface area is 139 Å². The Hall–Kier alpha value is -2.63. The fourth-order valence-electron chi connectivity index (χ4n) is 1.95. The summed E-state index contributed by atoms with van der Waals surface area (Å²) in [5, 5.41) is 3.03. The summed E-state index contributed by atoms with van der Waals surface area (Å²) in [5.41, 5.74) is 12.4. The van der Waals surface area contributed by atoms with Crippen LogP contribution in [0.4, 0.5) is 17.6 Å². The van der Waals surface area contributed by atoms with Crippen LogP contribution in [0.3, 0.4) is 0 Å². The first-order chi connectivity index (χ1) is 10.8. The summed E-state index contributed by atoms with van der Waals surface area (Å²) in [6.45, 7) is 0.629. The van der Waals surface area contributed by atoms with E-state index in [1.807, 2.05) is 30.3 Å². The maximum atomic E-state index is 10.7. The molecule has 0 saturated heterocycles. The minimum atomic E-state index is -4.74. The molecule has 0 aliphatic heterocycles. The highest BCUT2D eigenvalue weighted by Gasteiger charge is 2.19. The van der Waals surface area contributed by atoms with Gasteiger partial charge in [-0.3, -0.25) is 4.55 Å². The summed E-state index contributed by atoms with van der Waals surface area (Å²) in [4.78, 5) is 3.91. The predicted octanol–water partition coefficient (Wildman–Crippen LogP) is -0.367. The zero-order valence-corrected chi connectivity index (χ0v) is 13.5. The highest BCUT2D eigenvalue weighted by atomic mass is 32.3. The number of nitrogen functional groups attached to an aromatic ring is 2. The van der Waals surface area contributed by atoms with Crippen LogP contribution in [0, 0.1) is 0 Å². The van der Waals surface area contributed by atoms with Crippen molar-refractivity contribution in [3.8, 4) is 0 Å². The van der Waals surface area contributed by atoms with E-state index in [4.69, 9.17) is 16.0 Å². The predicted molar refractivity (Wildman–Crippen MR) is 86.6 cm³/mol. The molecular formula is C13H19N5O5S. The lowest BCUT2D eigenvalue weighted by atomic mass is 10.1. The first-order valence-electron chi connectivity index (χ1n) is 6.78. The van der Waals surface area contributed by atoms with Crippen LogP contribution in [0.5, 0.6) is 0 Å². The summed E-state index contributed by atoms with van der Waals surface area (Å²) in [5.74, 6) is -0.0582. The quantitative estimate of drug-likeness (QED) is 0.293. The van der Waals surface area contributed by atoms with Gasteiger partial charge in [0.1, 0.15) is 0 Å². The summed E-state index contributed by atoms with van der Waals surface area (Å²) in [6, 6.07) is 11.4. The van der Waals surface area contributed by atoms with Gasteiger partial charge in [0.05, 0.1) is 6.07 Å². The van der Waals surface area contributed by atoms with E-state index >= 15 is 0 Å². The van der Waals surface area contributed by atoms with Crippen molar-refractivity contribution in [1.29, 1.82) is 0 Å². The number of nitrogens with one attached hydrogen (secondary N) is 1. The van der Waals surface area contributed by atoms with Crippen LogP contribution in [0.2, 0.25) is 0 Å². The van der Waals surface area contributed by atoms with Crippen molar-refractivity contribution in [1.82, 2.24) is 4.98 Å². The molecule has 0 aliphatic rings. The SMILES string of the molecule is Nc1cc(NCCCc2ccccc2)nc(N)[n+]1OS(=O)(=O)O.[OH-]. The van der Waals surface area contributed by atoms with Crippen LogP contribution in [0.25, 0.3) is 0 Å². The number of aryl methyl sites for hydroxylation is 1. The normalized spacial score (nSPS) is 10.7. The molecule has 0 amide bonds. The number of benzene rings is 1. The molecule has 0 saturated carbocycles. The van der Waals surface area contributed by atoms with E-state index in [2.05, 4.69) is 14.6 Å². The second-order valence-electron chi connectivity index (χ2n) is 4.74. The second-order valence-corrected chi connectivity index (χ2v) is 5.74. The number of hydrogen-bond acceptors (Lipinski definition) is 8. The highest BCUT2D eigenvalue weighted by molar-refractivity contribution is 7.80. The van der Waals surface area contributed by atoms with Crippen LogP contribution < -0.4 is 25.8 Å². The molecule has 0 radical (unpaired) electrons. The first-order valence-corrected chi connectivity index (χ1v) is 8.15. The third-order valence-electron chi connectivity index (χ3n) is 2.92. The molecule has 132 valence electrons. The van der Waals surface area contributed by atoms with Crippen molar-refractivity contribution >= 4 is 28.0 Å². The van der Waals surface area contributed by atoms with E-state index < -0.39 is 10.4 Å². The van der Waals surface area contributed by atoms with Crippen LogP contribution in [-0.2, 0) is 16.8 Å². The Kier molecular flexibility index (Phi) is 6.70. The van der Waals surface area contributed by atoms with Gasteiger partial charge in [-0.1, -0.05) is 35.3 Å². The van der Waals surface area contributed by atoms with Crippen molar-refractivity contribution in [2.24, 2.45) is 0 Å². The Morgan fingerprint density at radius 1 is 1.25 bits per heavy atom. The fourth-order valence-corrected chi connectivity index (χ4v) is 2.30. The molecule has 1 aromatic heterocycles. The molecule has 7 N–H and O–H groups in total. The standard InChI is InChI=1S/C13H17N5O4S.H2O/c14-11-9-12(17-13(15)18(11)22-23(19,20)21)16-8-4-7-10-5-2-1-3-6-10;/h1-3,5-6,9H,4,7-8H2,(H5,14,15,16,17,19,20,21);1H2. The highest BCUT2D eigenvalue weighted by Crippen LogP contribution is 2.09. The second kappa shape index (κ2) is 8.29. The van der Waals surface area contributed by atoms with Gasteiger partial charge in [0.15, 0.2) is 5.82 Å². The molecule has 0 aliphatic carbocycles. The lowest BCUT2D eigenvalue weighted by Gasteiger charge is -2.07. The zero-order valence-electron chi connectivity index (χ0n) is 12.7. The number of nitrogens with zero attached hydrogens (tertiary/aromatic N) is 2. The largest absolute Gasteiger partial charge is 0.870 e. The molecule has 2 rings (SSSR count). The van der Waals surface area contributed by atoms with Crippen molar-refractivity contribution < 1.29 is 27.5 Å². The van der Waals surface area contributed by atoms with E-state index in [1.54, 1.807) is 0 Å². The third-order valence-corrected chi connectivity index (χ3v) is 3.26. The van der Waals surface area contributed by atoms with Crippen molar-refractivity contribution in [3.63, 3.8) is 0 Å². The fraction of sp³-hybridized carbons (Fsp3) is 0.231. The molecule has 24 heavy (non-hydrogen) atoms. The maximum absolute atomic E-state index is 10.7. The van der Waals surface area contributed by atoms with Gasteiger partial charge in [0, 0.05) is 6.54 Å². The minimum Gasteiger partial charge on any atom is -0.870 e. The number of nitrogens with two attached hydrogens (primary N) is 2. The Morgan fingerprint density at radius 3 is 2.50 bits per heavy atom. The van der Waals surface area contributed by atoms with E-state index in [0.717, 1.165) is 12.8 Å². The minimum absolute atomic E-state index is 0. The van der Waals surface area contributed by atoms with E-state index in [1.165, 1.54) is 11.6 Å². The van der Waals surface area contributed by atoms with Crippen LogP contribution in [0.15, 0.2) is 36.4 Å². The Bertz CT molecular complexity index is 747. The van der Waals surface area contributed by atoms with E-state index in [9.17, 15) is 8.42 Å². The number of aromatic nitrogens is 2. The number of rotatable bonds is 7. The molecule has 0 fully saturated rings. The topological polar surface area (TPSA) is 174 Å². The van der Waals surface area contributed by atoms with Gasteiger partial charge in [-0.05, 0) is 23.1 Å². The monoisotopic (exact) mass is 357 g/mol. The lowest BCUT2D eigenvalue weighted by molar-refractivity contribution is -0.835. The van der Waals surface area contributed by atoms with Gasteiger partial charge in [0.2, 0.25) is 5.82 Å². The molecule has 1 heterocycles. The van der Waals surface area contributed by atoms with E-state index in [0.29, 0.717) is 17.1 Å². The maximum Gasteiger partial charge on any atom is 0.474 e. The average Bonchev–Trinajstić information content (AvgIpc) is 2.48. The molecule has 0 atom stereocenters. The Morgan fingerprint density at radius 2 is 1.92 bits per heavy atom. The van der Waals surface area contributed by atoms with Crippen LogP contribution >= 0.6 is 0 Å². The van der Waals surface area contributed by atoms with E-state index in [-0.39, 0.29) is 17.2 Å². The molecule has 11 heteroatoms. The smallest absolute Gasteiger partial charge is 0.474 e. The molecule has 0 spiro atoms. The zero-order chi connectivity index (χ0) is 16.9. The van der Waals surface area contributed by atoms with Gasteiger partial charge in [-0.25, -0.2) is 4.28 Å². The van der Waals surface area contributed by atoms with Crippen molar-refractivity contribution in [3.05, 3.63) is 42.0 Å². The van der Waals surface area contributed by atoms with Crippen molar-refractivity contribution in [2.45, 2.75) is 12.8 Å². The van der Waals surface area contributed by atoms with Gasteiger partial charge < -0.3 is 22.3 Å². The van der Waals surface area contributed by atoms with Crippen molar-refractivity contribution in [2.75, 3.05) is 23.3 Å². The summed E-state index contributed by atoms with van der Waals surface area (Å²) >= 11 is 0. The number of hydrogen-bond donors (Lipinski definition) is 4.